The van der Waals surface area contributed by atoms with E-state index in [1.807, 2.05) is 18.2 Å². The van der Waals surface area contributed by atoms with E-state index in [9.17, 15) is 4.79 Å². The summed E-state index contributed by atoms with van der Waals surface area (Å²) in [6.07, 6.45) is 5.31. The summed E-state index contributed by atoms with van der Waals surface area (Å²) in [5, 5.41) is 2.01. The summed E-state index contributed by atoms with van der Waals surface area (Å²) in [7, 11) is 0. The largest absolute Gasteiger partial charge is 0.298 e. The van der Waals surface area contributed by atoms with Crippen molar-refractivity contribution >= 4 is 17.1 Å². The van der Waals surface area contributed by atoms with Gasteiger partial charge in [-0.15, -0.1) is 0 Å². The third kappa shape index (κ3) is 1.29. The molecule has 0 bridgehead atoms. The normalized spacial score (nSPS) is 10.4. The highest BCUT2D eigenvalue weighted by Gasteiger charge is 2.04. The highest BCUT2D eigenvalue weighted by Crippen LogP contribution is 2.20. The first-order chi connectivity index (χ1) is 6.86. The number of hydrogen-bond donors (Lipinski definition) is 0. The van der Waals surface area contributed by atoms with Gasteiger partial charge in [0.2, 0.25) is 0 Å². The zero-order valence-electron chi connectivity index (χ0n) is 8.03. The summed E-state index contributed by atoms with van der Waals surface area (Å²) in [4.78, 5) is 15.0. The summed E-state index contributed by atoms with van der Waals surface area (Å²) >= 11 is 0. The Bertz CT molecular complexity index is 477. The molecule has 0 saturated carbocycles. The smallest absolute Gasteiger partial charge is 0.150 e. The third-order valence-electron chi connectivity index (χ3n) is 2.45. The molecule has 1 heterocycles. The van der Waals surface area contributed by atoms with Crippen LogP contribution in [-0.4, -0.2) is 11.3 Å². The average molecular weight is 185 g/mol. The number of benzene rings is 1. The van der Waals surface area contributed by atoms with Crippen molar-refractivity contribution in [3.63, 3.8) is 0 Å². The van der Waals surface area contributed by atoms with Crippen LogP contribution < -0.4 is 0 Å². The number of rotatable bonds is 2. The van der Waals surface area contributed by atoms with Crippen LogP contribution in [0.1, 0.15) is 22.8 Å². The minimum atomic E-state index is 0.799. The maximum absolute atomic E-state index is 11.0. The van der Waals surface area contributed by atoms with E-state index >= 15 is 0 Å². The SMILES string of the molecule is CCc1ccc2cnccc2c1C=O. The quantitative estimate of drug-likeness (QED) is 0.673. The molecule has 0 aliphatic rings. The summed E-state index contributed by atoms with van der Waals surface area (Å²) in [6, 6.07) is 5.89. The van der Waals surface area contributed by atoms with Gasteiger partial charge in [0, 0.05) is 23.3 Å². The van der Waals surface area contributed by atoms with Gasteiger partial charge in [-0.05, 0) is 23.4 Å². The van der Waals surface area contributed by atoms with Gasteiger partial charge in [0.25, 0.3) is 0 Å². The molecule has 0 fully saturated rings. The van der Waals surface area contributed by atoms with Gasteiger partial charge in [-0.3, -0.25) is 9.78 Å². The molecular formula is C12H11NO. The van der Waals surface area contributed by atoms with Gasteiger partial charge in [-0.2, -0.15) is 0 Å². The number of carbonyl (C=O) groups is 1. The van der Waals surface area contributed by atoms with E-state index in [4.69, 9.17) is 0 Å². The number of aromatic nitrogens is 1. The fourth-order valence-electron chi connectivity index (χ4n) is 1.69. The van der Waals surface area contributed by atoms with E-state index in [1.54, 1.807) is 12.4 Å². The molecule has 0 amide bonds. The lowest BCUT2D eigenvalue weighted by atomic mass is 10.00. The molecular weight excluding hydrogens is 174 g/mol. The first-order valence-electron chi connectivity index (χ1n) is 4.67. The minimum Gasteiger partial charge on any atom is -0.298 e. The van der Waals surface area contributed by atoms with E-state index in [-0.39, 0.29) is 0 Å². The number of hydrogen-bond acceptors (Lipinski definition) is 2. The maximum atomic E-state index is 11.0. The molecule has 0 aliphatic heterocycles. The first-order valence-corrected chi connectivity index (χ1v) is 4.67. The van der Waals surface area contributed by atoms with Crippen LogP contribution in [-0.2, 0) is 6.42 Å². The Balaban J connectivity index is 2.83. The Labute approximate surface area is 82.6 Å². The predicted molar refractivity (Wildman–Crippen MR) is 56.5 cm³/mol. The first kappa shape index (κ1) is 8.88. The molecule has 1 aromatic carbocycles. The van der Waals surface area contributed by atoms with Gasteiger partial charge in [0.15, 0.2) is 6.29 Å². The van der Waals surface area contributed by atoms with E-state index in [2.05, 4.69) is 11.9 Å². The molecule has 2 heteroatoms. The van der Waals surface area contributed by atoms with Crippen molar-refractivity contribution in [2.75, 3.05) is 0 Å². The number of carbonyl (C=O) groups excluding carboxylic acids is 1. The Kier molecular flexibility index (Phi) is 2.27. The summed E-state index contributed by atoms with van der Waals surface area (Å²) in [5.41, 5.74) is 1.89. The van der Waals surface area contributed by atoms with Gasteiger partial charge in [-0.1, -0.05) is 19.1 Å². The number of nitrogens with zero attached hydrogens (tertiary/aromatic N) is 1. The van der Waals surface area contributed by atoms with Gasteiger partial charge < -0.3 is 0 Å². The molecule has 2 nitrogen and oxygen atoms in total. The zero-order valence-corrected chi connectivity index (χ0v) is 8.03. The lowest BCUT2D eigenvalue weighted by Crippen LogP contribution is -1.92. The molecule has 1 aromatic heterocycles. The van der Waals surface area contributed by atoms with Crippen LogP contribution in [0.2, 0.25) is 0 Å². The zero-order chi connectivity index (χ0) is 9.97. The molecule has 0 radical (unpaired) electrons. The van der Waals surface area contributed by atoms with Crippen LogP contribution in [0, 0.1) is 0 Å². The fourth-order valence-corrected chi connectivity index (χ4v) is 1.69. The predicted octanol–water partition coefficient (Wildman–Crippen LogP) is 2.61. The Hall–Kier alpha value is -1.70. The van der Waals surface area contributed by atoms with Gasteiger partial charge in [0.1, 0.15) is 0 Å². The van der Waals surface area contributed by atoms with Gasteiger partial charge in [0.05, 0.1) is 0 Å². The number of fused-ring (bicyclic) bond motifs is 1. The van der Waals surface area contributed by atoms with E-state index in [0.717, 1.165) is 34.6 Å². The molecule has 2 aromatic rings. The minimum absolute atomic E-state index is 0.799. The van der Waals surface area contributed by atoms with Crippen LogP contribution in [0.3, 0.4) is 0 Å². The average Bonchev–Trinajstić information content (AvgIpc) is 2.27. The Morgan fingerprint density at radius 3 is 2.93 bits per heavy atom. The van der Waals surface area contributed by atoms with Crippen molar-refractivity contribution in [3.05, 3.63) is 41.7 Å². The van der Waals surface area contributed by atoms with Crippen molar-refractivity contribution in [2.24, 2.45) is 0 Å². The standard InChI is InChI=1S/C12H11NO/c1-2-9-3-4-10-7-13-6-5-11(10)12(9)8-14/h3-8H,2H2,1H3. The second kappa shape index (κ2) is 3.58. The van der Waals surface area contributed by atoms with E-state index < -0.39 is 0 Å². The molecule has 70 valence electrons. The van der Waals surface area contributed by atoms with Crippen LogP contribution in [0.25, 0.3) is 10.8 Å². The number of pyridine rings is 1. The molecule has 0 N–H and O–H groups in total. The molecule has 2 rings (SSSR count). The van der Waals surface area contributed by atoms with Crippen LogP contribution in [0.15, 0.2) is 30.6 Å². The van der Waals surface area contributed by atoms with Crippen molar-refractivity contribution in [2.45, 2.75) is 13.3 Å². The summed E-state index contributed by atoms with van der Waals surface area (Å²) in [6.45, 7) is 2.05. The summed E-state index contributed by atoms with van der Waals surface area (Å²) < 4.78 is 0. The maximum Gasteiger partial charge on any atom is 0.150 e. The van der Waals surface area contributed by atoms with Crippen molar-refractivity contribution in [1.29, 1.82) is 0 Å². The van der Waals surface area contributed by atoms with Gasteiger partial charge >= 0.3 is 0 Å². The number of aryl methyl sites for hydroxylation is 1. The summed E-state index contributed by atoms with van der Waals surface area (Å²) in [5.74, 6) is 0. The fraction of sp³-hybridized carbons (Fsp3) is 0.167. The molecule has 0 spiro atoms. The van der Waals surface area contributed by atoms with E-state index in [1.165, 1.54) is 0 Å². The monoisotopic (exact) mass is 185 g/mol. The van der Waals surface area contributed by atoms with E-state index in [0.29, 0.717) is 0 Å². The highest BCUT2D eigenvalue weighted by molar-refractivity contribution is 5.99. The van der Waals surface area contributed by atoms with Crippen molar-refractivity contribution in [1.82, 2.24) is 4.98 Å². The molecule has 14 heavy (non-hydrogen) atoms. The lowest BCUT2D eigenvalue weighted by molar-refractivity contribution is 0.112. The Morgan fingerprint density at radius 1 is 1.36 bits per heavy atom. The molecule has 0 atom stereocenters. The topological polar surface area (TPSA) is 30.0 Å². The van der Waals surface area contributed by atoms with Crippen LogP contribution in [0.4, 0.5) is 0 Å². The van der Waals surface area contributed by atoms with Crippen LogP contribution >= 0.6 is 0 Å². The van der Waals surface area contributed by atoms with Gasteiger partial charge in [-0.25, -0.2) is 0 Å². The highest BCUT2D eigenvalue weighted by atomic mass is 16.1. The van der Waals surface area contributed by atoms with Crippen molar-refractivity contribution in [3.8, 4) is 0 Å². The number of aldehydes is 1. The lowest BCUT2D eigenvalue weighted by Gasteiger charge is -2.05. The van der Waals surface area contributed by atoms with Crippen LogP contribution in [0.5, 0.6) is 0 Å². The second-order valence-electron chi connectivity index (χ2n) is 3.21. The molecule has 0 saturated heterocycles. The molecule has 0 unspecified atom stereocenters. The molecule has 0 aliphatic carbocycles. The Morgan fingerprint density at radius 2 is 2.21 bits per heavy atom. The second-order valence-corrected chi connectivity index (χ2v) is 3.21. The third-order valence-corrected chi connectivity index (χ3v) is 2.45. The van der Waals surface area contributed by atoms with Crippen molar-refractivity contribution < 1.29 is 4.79 Å².